The first-order valence-corrected chi connectivity index (χ1v) is 9.62. The lowest BCUT2D eigenvalue weighted by Crippen LogP contribution is -2.17. The molecule has 32 heavy (non-hydrogen) atoms. The number of carbonyl (C=O) groups is 1. The summed E-state index contributed by atoms with van der Waals surface area (Å²) in [6.45, 7) is 1.75. The molecular weight excluding hydrogens is 410 g/mol. The molecule has 0 bridgehead atoms. The van der Waals surface area contributed by atoms with Crippen LogP contribution in [0.25, 0.3) is 17.0 Å². The standard InChI is InChI=1S/C21H17N9O2/c1-13-24-15(12-16(22)25-13)19-20(27-18-8-5-10-23-30(18)19)26-17-9-11-29(28-17)21(31)32-14-6-3-2-4-7-14/h2-12H,1H3,(H,26,28)(H2,22,24,25). The average Bonchev–Trinajstić information content (AvgIpc) is 3.38. The maximum absolute atomic E-state index is 12.4. The minimum atomic E-state index is -0.639. The van der Waals surface area contributed by atoms with Gasteiger partial charge in [0, 0.05) is 24.5 Å². The third kappa shape index (κ3) is 3.69. The fourth-order valence-electron chi connectivity index (χ4n) is 3.17. The maximum Gasteiger partial charge on any atom is 0.440 e. The molecule has 4 aromatic heterocycles. The third-order valence-electron chi connectivity index (χ3n) is 4.46. The van der Waals surface area contributed by atoms with Gasteiger partial charge in [0.05, 0.1) is 5.69 Å². The Balaban J connectivity index is 1.48. The highest BCUT2D eigenvalue weighted by Gasteiger charge is 2.19. The van der Waals surface area contributed by atoms with Crippen LogP contribution in [0.3, 0.4) is 0 Å². The SMILES string of the molecule is Cc1nc(N)cc(-c2c(Nc3ccn(C(=O)Oc4ccccc4)n3)nc3cccnn23)n1. The Bertz CT molecular complexity index is 1410. The first-order valence-electron chi connectivity index (χ1n) is 9.62. The summed E-state index contributed by atoms with van der Waals surface area (Å²) >= 11 is 0. The molecule has 11 nitrogen and oxygen atoms in total. The van der Waals surface area contributed by atoms with Crippen LogP contribution in [0.4, 0.5) is 22.2 Å². The molecule has 0 saturated heterocycles. The minimum absolute atomic E-state index is 0.331. The monoisotopic (exact) mass is 427 g/mol. The van der Waals surface area contributed by atoms with Crippen LogP contribution in [0.2, 0.25) is 0 Å². The normalized spacial score (nSPS) is 10.9. The van der Waals surface area contributed by atoms with E-state index >= 15 is 0 Å². The Morgan fingerprint density at radius 3 is 2.72 bits per heavy atom. The van der Waals surface area contributed by atoms with Gasteiger partial charge < -0.3 is 15.8 Å². The van der Waals surface area contributed by atoms with E-state index in [0.29, 0.717) is 46.1 Å². The van der Waals surface area contributed by atoms with Crippen LogP contribution in [-0.4, -0.2) is 40.4 Å². The molecule has 0 aliphatic rings. The number of nitrogens with one attached hydrogen (secondary N) is 1. The fourth-order valence-corrected chi connectivity index (χ4v) is 3.17. The number of carbonyl (C=O) groups excluding carboxylic acids is 1. The zero-order valence-corrected chi connectivity index (χ0v) is 16.9. The zero-order chi connectivity index (χ0) is 22.1. The molecule has 0 radical (unpaired) electrons. The molecule has 0 unspecified atom stereocenters. The Kier molecular flexibility index (Phi) is 4.67. The maximum atomic E-state index is 12.4. The van der Waals surface area contributed by atoms with E-state index < -0.39 is 6.09 Å². The second-order valence-electron chi connectivity index (χ2n) is 6.78. The van der Waals surface area contributed by atoms with Gasteiger partial charge in [0.2, 0.25) is 0 Å². The molecule has 0 saturated carbocycles. The van der Waals surface area contributed by atoms with Crippen LogP contribution in [0, 0.1) is 6.92 Å². The van der Waals surface area contributed by atoms with E-state index in [2.05, 4.69) is 30.5 Å². The van der Waals surface area contributed by atoms with Crippen LogP contribution in [0.15, 0.2) is 67.0 Å². The van der Waals surface area contributed by atoms with E-state index in [1.54, 1.807) is 60.1 Å². The van der Waals surface area contributed by atoms with E-state index in [1.165, 1.54) is 6.20 Å². The van der Waals surface area contributed by atoms with Gasteiger partial charge in [0.1, 0.15) is 23.1 Å². The predicted molar refractivity (Wildman–Crippen MR) is 117 cm³/mol. The van der Waals surface area contributed by atoms with Gasteiger partial charge in [-0.05, 0) is 31.2 Å². The summed E-state index contributed by atoms with van der Waals surface area (Å²) in [6.07, 6.45) is 2.50. The summed E-state index contributed by atoms with van der Waals surface area (Å²) in [7, 11) is 0. The number of aromatic nitrogens is 7. The fraction of sp³-hybridized carbons (Fsp3) is 0.0476. The van der Waals surface area contributed by atoms with E-state index in [1.807, 2.05) is 12.1 Å². The molecule has 3 N–H and O–H groups in total. The number of benzene rings is 1. The van der Waals surface area contributed by atoms with Crippen LogP contribution in [0.1, 0.15) is 5.82 Å². The van der Waals surface area contributed by atoms with Gasteiger partial charge in [-0.1, -0.05) is 18.2 Å². The molecular formula is C21H17N9O2. The molecule has 0 aliphatic carbocycles. The van der Waals surface area contributed by atoms with E-state index in [0.717, 1.165) is 4.68 Å². The Hall–Kier alpha value is -4.80. The highest BCUT2D eigenvalue weighted by molar-refractivity contribution is 5.78. The molecule has 5 aromatic rings. The third-order valence-corrected chi connectivity index (χ3v) is 4.46. The number of nitrogen functional groups attached to an aromatic ring is 1. The highest BCUT2D eigenvalue weighted by atomic mass is 16.6. The van der Waals surface area contributed by atoms with Gasteiger partial charge >= 0.3 is 6.09 Å². The van der Waals surface area contributed by atoms with Crippen molar-refractivity contribution in [2.24, 2.45) is 0 Å². The molecule has 0 amide bonds. The van der Waals surface area contributed by atoms with Crippen LogP contribution < -0.4 is 15.8 Å². The van der Waals surface area contributed by atoms with Crippen molar-refractivity contribution in [3.05, 3.63) is 72.8 Å². The molecule has 11 heteroatoms. The lowest BCUT2D eigenvalue weighted by atomic mass is 10.3. The summed E-state index contributed by atoms with van der Waals surface area (Å²) in [5.41, 5.74) is 7.65. The van der Waals surface area contributed by atoms with Crippen molar-refractivity contribution < 1.29 is 9.53 Å². The number of aryl methyl sites for hydroxylation is 1. The molecule has 0 aliphatic heterocycles. The second kappa shape index (κ2) is 7.80. The van der Waals surface area contributed by atoms with Crippen molar-refractivity contribution in [3.63, 3.8) is 0 Å². The van der Waals surface area contributed by atoms with Crippen molar-refractivity contribution in [1.82, 2.24) is 34.3 Å². The number of fused-ring (bicyclic) bond motifs is 1. The van der Waals surface area contributed by atoms with Crippen molar-refractivity contribution in [2.75, 3.05) is 11.1 Å². The van der Waals surface area contributed by atoms with E-state index in [9.17, 15) is 4.79 Å². The van der Waals surface area contributed by atoms with Crippen molar-refractivity contribution in [2.45, 2.75) is 6.92 Å². The van der Waals surface area contributed by atoms with Crippen LogP contribution in [-0.2, 0) is 0 Å². The number of nitrogens with zero attached hydrogens (tertiary/aromatic N) is 7. The van der Waals surface area contributed by atoms with Gasteiger partial charge in [0.25, 0.3) is 0 Å². The molecule has 158 valence electrons. The molecule has 5 rings (SSSR count). The van der Waals surface area contributed by atoms with Crippen molar-refractivity contribution in [3.8, 4) is 17.1 Å². The van der Waals surface area contributed by atoms with Gasteiger partial charge in [-0.15, -0.1) is 5.10 Å². The van der Waals surface area contributed by atoms with Crippen LogP contribution >= 0.6 is 0 Å². The van der Waals surface area contributed by atoms with Gasteiger partial charge in [-0.2, -0.15) is 9.78 Å². The highest BCUT2D eigenvalue weighted by Crippen LogP contribution is 2.29. The van der Waals surface area contributed by atoms with Gasteiger partial charge in [-0.3, -0.25) is 0 Å². The number of hydrogen-bond donors (Lipinski definition) is 2. The number of nitrogens with two attached hydrogens (primary N) is 1. The Labute approximate surface area is 181 Å². The first kappa shape index (κ1) is 19.2. The summed E-state index contributed by atoms with van der Waals surface area (Å²) in [4.78, 5) is 25.6. The molecule has 0 spiro atoms. The quantitative estimate of drug-likeness (QED) is 0.443. The van der Waals surface area contributed by atoms with Crippen LogP contribution in [0.5, 0.6) is 5.75 Å². The smallest absolute Gasteiger partial charge is 0.409 e. The molecule has 0 atom stereocenters. The number of anilines is 3. The average molecular weight is 427 g/mol. The second-order valence-corrected chi connectivity index (χ2v) is 6.78. The summed E-state index contributed by atoms with van der Waals surface area (Å²) in [6, 6.07) is 15.6. The first-order chi connectivity index (χ1) is 15.6. The minimum Gasteiger partial charge on any atom is -0.409 e. The Morgan fingerprint density at radius 1 is 1.06 bits per heavy atom. The largest absolute Gasteiger partial charge is 0.440 e. The number of para-hydroxylation sites is 1. The summed E-state index contributed by atoms with van der Waals surface area (Å²) < 4.78 is 8.04. The topological polar surface area (TPSA) is 138 Å². The van der Waals surface area contributed by atoms with Gasteiger partial charge in [0.15, 0.2) is 17.3 Å². The molecule has 4 heterocycles. The molecule has 1 aromatic carbocycles. The lowest BCUT2D eigenvalue weighted by molar-refractivity contribution is 0.199. The van der Waals surface area contributed by atoms with Gasteiger partial charge in [-0.25, -0.2) is 24.3 Å². The van der Waals surface area contributed by atoms with E-state index in [4.69, 9.17) is 10.5 Å². The number of imidazole rings is 1. The van der Waals surface area contributed by atoms with E-state index in [-0.39, 0.29) is 0 Å². The summed E-state index contributed by atoms with van der Waals surface area (Å²) in [5, 5.41) is 11.7. The van der Waals surface area contributed by atoms with Crippen molar-refractivity contribution in [1.29, 1.82) is 0 Å². The predicted octanol–water partition coefficient (Wildman–Crippen LogP) is 3.06. The number of hydrogen-bond acceptors (Lipinski definition) is 9. The number of rotatable bonds is 4. The Morgan fingerprint density at radius 2 is 1.91 bits per heavy atom. The van der Waals surface area contributed by atoms with Crippen molar-refractivity contribution >= 4 is 29.2 Å². The summed E-state index contributed by atoms with van der Waals surface area (Å²) in [5.74, 6) is 2.11. The molecule has 0 fully saturated rings. The zero-order valence-electron chi connectivity index (χ0n) is 16.9. The number of ether oxygens (including phenoxy) is 1. The lowest BCUT2D eigenvalue weighted by Gasteiger charge is -2.06.